The van der Waals surface area contributed by atoms with Crippen LogP contribution in [0.4, 0.5) is 11.4 Å². The Morgan fingerprint density at radius 2 is 1.71 bits per heavy atom. The molecule has 1 amide bonds. The van der Waals surface area contributed by atoms with Crippen LogP contribution in [0.15, 0.2) is 47.3 Å². The van der Waals surface area contributed by atoms with E-state index in [9.17, 15) is 18.0 Å². The molecule has 0 aliphatic carbocycles. The molecule has 0 unspecified atom stereocenters. The van der Waals surface area contributed by atoms with E-state index in [-0.39, 0.29) is 17.1 Å². The van der Waals surface area contributed by atoms with Crippen molar-refractivity contribution in [3.63, 3.8) is 0 Å². The quantitative estimate of drug-likeness (QED) is 0.783. The summed E-state index contributed by atoms with van der Waals surface area (Å²) in [5.74, 6) is -0.546. The first kappa shape index (κ1) is 14.8. The highest BCUT2D eigenvalue weighted by Crippen LogP contribution is 2.22. The number of para-hydroxylation sites is 2. The lowest BCUT2D eigenvalue weighted by Crippen LogP contribution is -2.19. The van der Waals surface area contributed by atoms with Gasteiger partial charge in [-0.3, -0.25) is 14.3 Å². The third kappa shape index (κ3) is 4.18. The maximum absolute atomic E-state index is 12.0. The second kappa shape index (κ2) is 5.80. The number of aromatic amines is 1. The Morgan fingerprint density at radius 1 is 1.05 bits per heavy atom. The van der Waals surface area contributed by atoms with Crippen LogP contribution in [0.2, 0.25) is 0 Å². The minimum atomic E-state index is -3.47. The maximum Gasteiger partial charge on any atom is 0.272 e. The molecule has 3 N–H and O–H groups in total. The minimum Gasteiger partial charge on any atom is -0.319 e. The number of carbonyl (C=O) groups excluding carboxylic acids is 1. The van der Waals surface area contributed by atoms with Crippen molar-refractivity contribution in [1.29, 1.82) is 0 Å². The van der Waals surface area contributed by atoms with Gasteiger partial charge in [0.2, 0.25) is 15.6 Å². The van der Waals surface area contributed by atoms with Crippen LogP contribution < -0.4 is 15.6 Å². The van der Waals surface area contributed by atoms with E-state index in [1.165, 1.54) is 24.3 Å². The average molecular weight is 307 g/mol. The van der Waals surface area contributed by atoms with Crippen molar-refractivity contribution in [3.8, 4) is 0 Å². The van der Waals surface area contributed by atoms with Crippen LogP contribution in [0.3, 0.4) is 0 Å². The van der Waals surface area contributed by atoms with E-state index >= 15 is 0 Å². The van der Waals surface area contributed by atoms with Gasteiger partial charge in [-0.2, -0.15) is 0 Å². The van der Waals surface area contributed by atoms with Gasteiger partial charge in [0.1, 0.15) is 5.69 Å². The van der Waals surface area contributed by atoms with Gasteiger partial charge in [-0.15, -0.1) is 0 Å². The molecular formula is C13H13N3O4S. The van der Waals surface area contributed by atoms with Gasteiger partial charge in [0.25, 0.3) is 5.91 Å². The molecule has 0 saturated carbocycles. The summed E-state index contributed by atoms with van der Waals surface area (Å²) in [6.45, 7) is 0. The van der Waals surface area contributed by atoms with Crippen LogP contribution in [0.5, 0.6) is 0 Å². The fourth-order valence-electron chi connectivity index (χ4n) is 1.65. The zero-order chi connectivity index (χ0) is 15.5. The molecule has 0 fully saturated rings. The molecule has 2 rings (SSSR count). The first-order valence-corrected chi connectivity index (χ1v) is 7.82. The van der Waals surface area contributed by atoms with Crippen LogP contribution in [0.1, 0.15) is 10.5 Å². The zero-order valence-corrected chi connectivity index (χ0v) is 11.9. The van der Waals surface area contributed by atoms with Crippen LogP contribution in [-0.4, -0.2) is 25.6 Å². The Morgan fingerprint density at radius 3 is 2.33 bits per heavy atom. The molecule has 1 aromatic carbocycles. The molecule has 7 nitrogen and oxygen atoms in total. The number of hydrogen-bond donors (Lipinski definition) is 3. The van der Waals surface area contributed by atoms with E-state index in [4.69, 9.17) is 0 Å². The zero-order valence-electron chi connectivity index (χ0n) is 11.1. The summed E-state index contributed by atoms with van der Waals surface area (Å²) >= 11 is 0. The van der Waals surface area contributed by atoms with Crippen LogP contribution in [0, 0.1) is 0 Å². The number of nitrogens with one attached hydrogen (secondary N) is 3. The molecule has 0 aliphatic heterocycles. The van der Waals surface area contributed by atoms with E-state index in [1.807, 2.05) is 0 Å². The molecule has 110 valence electrons. The maximum atomic E-state index is 12.0. The largest absolute Gasteiger partial charge is 0.319 e. The van der Waals surface area contributed by atoms with Gasteiger partial charge in [-0.25, -0.2) is 8.42 Å². The highest BCUT2D eigenvalue weighted by atomic mass is 32.2. The van der Waals surface area contributed by atoms with Gasteiger partial charge in [0.05, 0.1) is 17.6 Å². The number of amides is 1. The van der Waals surface area contributed by atoms with Crippen molar-refractivity contribution in [3.05, 3.63) is 58.5 Å². The molecule has 2 aromatic rings. The molecule has 0 radical (unpaired) electrons. The molecule has 1 heterocycles. The number of pyridine rings is 1. The van der Waals surface area contributed by atoms with Crippen molar-refractivity contribution in [2.45, 2.75) is 0 Å². The van der Waals surface area contributed by atoms with E-state index in [0.717, 1.165) is 6.26 Å². The van der Waals surface area contributed by atoms with Crippen molar-refractivity contribution in [2.24, 2.45) is 0 Å². The molecule has 0 bridgehead atoms. The SMILES string of the molecule is CS(=O)(=O)Nc1ccccc1NC(=O)c1cccc(=O)[nH]1. The summed E-state index contributed by atoms with van der Waals surface area (Å²) in [4.78, 5) is 25.6. The summed E-state index contributed by atoms with van der Waals surface area (Å²) in [7, 11) is -3.47. The van der Waals surface area contributed by atoms with Crippen LogP contribution in [-0.2, 0) is 10.0 Å². The Hall–Kier alpha value is -2.61. The average Bonchev–Trinajstić information content (AvgIpc) is 2.39. The lowest BCUT2D eigenvalue weighted by atomic mass is 10.2. The molecular weight excluding hydrogens is 294 g/mol. The van der Waals surface area contributed by atoms with Gasteiger partial charge >= 0.3 is 0 Å². The molecule has 21 heavy (non-hydrogen) atoms. The summed E-state index contributed by atoms with van der Waals surface area (Å²) in [6.07, 6.45) is 1.01. The van der Waals surface area contributed by atoms with Gasteiger partial charge in [-0.1, -0.05) is 18.2 Å². The summed E-state index contributed by atoms with van der Waals surface area (Å²) < 4.78 is 24.9. The Bertz CT molecular complexity index is 827. The second-order valence-corrected chi connectivity index (χ2v) is 6.05. The molecule has 0 atom stereocenters. The lowest BCUT2D eigenvalue weighted by molar-refractivity contribution is 0.102. The molecule has 8 heteroatoms. The number of hydrogen-bond acceptors (Lipinski definition) is 4. The topological polar surface area (TPSA) is 108 Å². The second-order valence-electron chi connectivity index (χ2n) is 4.30. The van der Waals surface area contributed by atoms with Gasteiger partial charge in [0, 0.05) is 6.07 Å². The fourth-order valence-corrected chi connectivity index (χ4v) is 2.23. The van der Waals surface area contributed by atoms with Crippen LogP contribution >= 0.6 is 0 Å². The number of aromatic nitrogens is 1. The fraction of sp³-hybridized carbons (Fsp3) is 0.0769. The first-order chi connectivity index (χ1) is 9.85. The number of benzene rings is 1. The van der Waals surface area contributed by atoms with E-state index in [1.54, 1.807) is 18.2 Å². The van der Waals surface area contributed by atoms with Gasteiger partial charge < -0.3 is 10.3 Å². The van der Waals surface area contributed by atoms with Gasteiger partial charge in [-0.05, 0) is 18.2 Å². The molecule has 0 aliphatic rings. The Balaban J connectivity index is 2.28. The molecule has 0 spiro atoms. The number of carbonyl (C=O) groups is 1. The highest BCUT2D eigenvalue weighted by molar-refractivity contribution is 7.92. The number of H-pyrrole nitrogens is 1. The van der Waals surface area contributed by atoms with E-state index < -0.39 is 21.5 Å². The number of sulfonamides is 1. The van der Waals surface area contributed by atoms with Crippen molar-refractivity contribution < 1.29 is 13.2 Å². The Labute approximate surface area is 121 Å². The van der Waals surface area contributed by atoms with E-state index in [2.05, 4.69) is 15.0 Å². The van der Waals surface area contributed by atoms with Crippen molar-refractivity contribution >= 4 is 27.3 Å². The van der Waals surface area contributed by atoms with Crippen molar-refractivity contribution in [2.75, 3.05) is 16.3 Å². The highest BCUT2D eigenvalue weighted by Gasteiger charge is 2.11. The monoisotopic (exact) mass is 307 g/mol. The normalized spacial score (nSPS) is 10.9. The van der Waals surface area contributed by atoms with Gasteiger partial charge in [0.15, 0.2) is 0 Å². The minimum absolute atomic E-state index is 0.0802. The summed E-state index contributed by atoms with van der Waals surface area (Å²) in [6, 6.07) is 10.5. The van der Waals surface area contributed by atoms with Crippen molar-refractivity contribution in [1.82, 2.24) is 4.98 Å². The first-order valence-electron chi connectivity index (χ1n) is 5.93. The molecule has 1 aromatic heterocycles. The Kier molecular flexibility index (Phi) is 4.08. The lowest BCUT2D eigenvalue weighted by Gasteiger charge is -2.11. The summed E-state index contributed by atoms with van der Waals surface area (Å²) in [5.41, 5.74) is 0.214. The predicted octanol–water partition coefficient (Wildman–Crippen LogP) is 0.999. The number of rotatable bonds is 4. The smallest absolute Gasteiger partial charge is 0.272 e. The third-order valence-corrected chi connectivity index (χ3v) is 3.07. The predicted molar refractivity (Wildman–Crippen MR) is 79.9 cm³/mol. The van der Waals surface area contributed by atoms with Crippen LogP contribution in [0.25, 0.3) is 0 Å². The summed E-state index contributed by atoms with van der Waals surface area (Å²) in [5, 5.41) is 2.54. The standard InChI is InChI=1S/C13H13N3O4S/c1-21(19,20)16-10-6-3-2-5-9(10)15-13(18)11-7-4-8-12(17)14-11/h2-8,16H,1H3,(H,14,17)(H,15,18). The molecule has 0 saturated heterocycles. The van der Waals surface area contributed by atoms with E-state index in [0.29, 0.717) is 0 Å². The third-order valence-electron chi connectivity index (χ3n) is 2.48. The number of anilines is 2.